The van der Waals surface area contributed by atoms with Crippen LogP contribution in [0.3, 0.4) is 0 Å². The first-order valence-electron chi connectivity index (χ1n) is 10.4. The number of amides is 1. The van der Waals surface area contributed by atoms with Crippen molar-refractivity contribution in [2.24, 2.45) is 0 Å². The number of benzene rings is 2. The summed E-state index contributed by atoms with van der Waals surface area (Å²) in [6.45, 7) is 3.38. The van der Waals surface area contributed by atoms with Gasteiger partial charge in [-0.25, -0.2) is 8.42 Å². The fourth-order valence-corrected chi connectivity index (χ4v) is 5.35. The topological polar surface area (TPSA) is 108 Å². The number of hydrogen-bond donors (Lipinski definition) is 2. The van der Waals surface area contributed by atoms with Crippen molar-refractivity contribution in [3.63, 3.8) is 0 Å². The molecule has 5 rings (SSSR count). The normalized spacial score (nSPS) is 16.7. The van der Waals surface area contributed by atoms with Gasteiger partial charge in [-0.15, -0.1) is 0 Å². The van der Waals surface area contributed by atoms with Crippen molar-refractivity contribution < 1.29 is 17.9 Å². The van der Waals surface area contributed by atoms with Gasteiger partial charge in [0.15, 0.2) is 5.82 Å². The molecular formula is C22H23N5O4S. The number of aromatic amines is 1. The van der Waals surface area contributed by atoms with E-state index in [0.717, 1.165) is 18.8 Å². The highest BCUT2D eigenvalue weighted by Gasteiger charge is 2.34. The average Bonchev–Trinajstić information content (AvgIpc) is 3.43. The van der Waals surface area contributed by atoms with Crippen LogP contribution >= 0.6 is 0 Å². The van der Waals surface area contributed by atoms with Crippen molar-refractivity contribution in [3.8, 4) is 0 Å². The molecule has 2 N–H and O–H groups in total. The maximum Gasteiger partial charge on any atom is 0.256 e. The first-order chi connectivity index (χ1) is 15.5. The van der Waals surface area contributed by atoms with Crippen LogP contribution in [0.25, 0.3) is 0 Å². The number of ether oxygens (including phenoxy) is 1. The molecule has 2 aliphatic rings. The van der Waals surface area contributed by atoms with E-state index >= 15 is 0 Å². The Morgan fingerprint density at radius 1 is 1.00 bits per heavy atom. The molecule has 0 aliphatic carbocycles. The zero-order valence-corrected chi connectivity index (χ0v) is 18.1. The first kappa shape index (κ1) is 20.7. The number of sulfonamides is 1. The number of anilines is 2. The smallest absolute Gasteiger partial charge is 0.256 e. The van der Waals surface area contributed by atoms with Gasteiger partial charge >= 0.3 is 0 Å². The molecule has 3 aromatic rings. The van der Waals surface area contributed by atoms with Gasteiger partial charge < -0.3 is 15.0 Å². The fourth-order valence-electron chi connectivity index (χ4n) is 3.95. The van der Waals surface area contributed by atoms with Crippen molar-refractivity contribution >= 4 is 27.4 Å². The standard InChI is InChI=1S/C22H23N5O4S/c28-22(16-6-8-17(9-7-16)26-10-12-31-13-11-26)23-21-19-14-27(15-20(19)24-25-21)32(29,30)18-4-2-1-3-5-18/h1-9H,10-15H2,(H2,23,24,25,28). The molecule has 1 amide bonds. The summed E-state index contributed by atoms with van der Waals surface area (Å²) in [5.74, 6) is 0.0604. The van der Waals surface area contributed by atoms with Gasteiger partial charge in [0.2, 0.25) is 10.0 Å². The van der Waals surface area contributed by atoms with Crippen LogP contribution in [-0.2, 0) is 27.8 Å². The number of morpholine rings is 1. The molecule has 0 bridgehead atoms. The van der Waals surface area contributed by atoms with Crippen molar-refractivity contribution in [2.75, 3.05) is 36.5 Å². The maximum absolute atomic E-state index is 12.9. The lowest BCUT2D eigenvalue weighted by Gasteiger charge is -2.28. The molecule has 0 saturated carbocycles. The third-order valence-electron chi connectivity index (χ3n) is 5.74. The predicted octanol–water partition coefficient (Wildman–Crippen LogP) is 2.20. The molecule has 1 saturated heterocycles. The summed E-state index contributed by atoms with van der Waals surface area (Å²) in [4.78, 5) is 15.2. The summed E-state index contributed by atoms with van der Waals surface area (Å²) in [6.07, 6.45) is 0. The Morgan fingerprint density at radius 2 is 1.72 bits per heavy atom. The molecule has 1 aromatic heterocycles. The van der Waals surface area contributed by atoms with E-state index in [1.54, 1.807) is 42.5 Å². The van der Waals surface area contributed by atoms with Crippen LogP contribution in [-0.4, -0.2) is 55.1 Å². The summed E-state index contributed by atoms with van der Waals surface area (Å²) >= 11 is 0. The number of H-pyrrole nitrogens is 1. The van der Waals surface area contributed by atoms with Crippen LogP contribution < -0.4 is 10.2 Å². The second-order valence-corrected chi connectivity index (χ2v) is 9.65. The molecule has 1 fully saturated rings. The lowest BCUT2D eigenvalue weighted by molar-refractivity contribution is 0.102. The minimum atomic E-state index is -3.63. The van der Waals surface area contributed by atoms with Crippen LogP contribution in [0.5, 0.6) is 0 Å². The fraction of sp³-hybridized carbons (Fsp3) is 0.273. The van der Waals surface area contributed by atoms with Gasteiger partial charge in [-0.05, 0) is 36.4 Å². The molecule has 0 unspecified atom stereocenters. The SMILES string of the molecule is O=C(Nc1n[nH]c2c1CN(S(=O)(=O)c1ccccc1)C2)c1ccc(N2CCOCC2)cc1. The monoisotopic (exact) mass is 453 g/mol. The quantitative estimate of drug-likeness (QED) is 0.613. The van der Waals surface area contributed by atoms with Crippen molar-refractivity contribution in [2.45, 2.75) is 18.0 Å². The van der Waals surface area contributed by atoms with Crippen LogP contribution in [0.1, 0.15) is 21.6 Å². The number of rotatable bonds is 5. The van der Waals surface area contributed by atoms with Gasteiger partial charge in [-0.3, -0.25) is 9.89 Å². The van der Waals surface area contributed by atoms with Gasteiger partial charge in [0.05, 0.1) is 30.3 Å². The summed E-state index contributed by atoms with van der Waals surface area (Å²) < 4.78 is 32.6. The van der Waals surface area contributed by atoms with Crippen molar-refractivity contribution in [1.82, 2.24) is 14.5 Å². The Kier molecular flexibility index (Phi) is 5.41. The van der Waals surface area contributed by atoms with E-state index in [0.29, 0.717) is 35.9 Å². The van der Waals surface area contributed by atoms with E-state index in [9.17, 15) is 13.2 Å². The lowest BCUT2D eigenvalue weighted by Crippen LogP contribution is -2.36. The number of carbonyl (C=O) groups excluding carboxylic acids is 1. The Bertz CT molecular complexity index is 1220. The minimum Gasteiger partial charge on any atom is -0.378 e. The lowest BCUT2D eigenvalue weighted by atomic mass is 10.1. The summed E-state index contributed by atoms with van der Waals surface area (Å²) in [6, 6.07) is 15.7. The number of aromatic nitrogens is 2. The van der Waals surface area contributed by atoms with Crippen LogP contribution in [0, 0.1) is 0 Å². The summed E-state index contributed by atoms with van der Waals surface area (Å²) in [5.41, 5.74) is 2.92. The largest absolute Gasteiger partial charge is 0.378 e. The van der Waals surface area contributed by atoms with Gasteiger partial charge in [0.25, 0.3) is 5.91 Å². The molecule has 3 heterocycles. The molecule has 2 aromatic carbocycles. The molecule has 0 atom stereocenters. The highest BCUT2D eigenvalue weighted by atomic mass is 32.2. The maximum atomic E-state index is 12.9. The van der Waals surface area contributed by atoms with E-state index in [1.165, 1.54) is 4.31 Å². The summed E-state index contributed by atoms with van der Waals surface area (Å²) in [5, 5.41) is 9.86. The highest BCUT2D eigenvalue weighted by molar-refractivity contribution is 7.89. The Hall–Kier alpha value is -3.21. The van der Waals surface area contributed by atoms with E-state index in [2.05, 4.69) is 20.4 Å². The molecule has 0 radical (unpaired) electrons. The van der Waals surface area contributed by atoms with E-state index in [1.807, 2.05) is 12.1 Å². The molecule has 9 nitrogen and oxygen atoms in total. The van der Waals surface area contributed by atoms with Crippen LogP contribution in [0.15, 0.2) is 59.5 Å². The minimum absolute atomic E-state index is 0.147. The Balaban J connectivity index is 1.28. The highest BCUT2D eigenvalue weighted by Crippen LogP contribution is 2.31. The second kappa shape index (κ2) is 8.38. The molecule has 2 aliphatic heterocycles. The van der Waals surface area contributed by atoms with E-state index in [-0.39, 0.29) is 23.9 Å². The zero-order valence-electron chi connectivity index (χ0n) is 17.3. The molecular weight excluding hydrogens is 430 g/mol. The second-order valence-electron chi connectivity index (χ2n) is 7.72. The number of nitrogens with one attached hydrogen (secondary N) is 2. The number of nitrogens with zero attached hydrogens (tertiary/aromatic N) is 3. The van der Waals surface area contributed by atoms with E-state index < -0.39 is 10.0 Å². The summed E-state index contributed by atoms with van der Waals surface area (Å²) in [7, 11) is -3.63. The molecule has 0 spiro atoms. The predicted molar refractivity (Wildman–Crippen MR) is 119 cm³/mol. The first-order valence-corrected chi connectivity index (χ1v) is 11.8. The van der Waals surface area contributed by atoms with Gasteiger partial charge in [-0.1, -0.05) is 18.2 Å². The number of fused-ring (bicyclic) bond motifs is 1. The third kappa shape index (κ3) is 3.88. The van der Waals surface area contributed by atoms with Gasteiger partial charge in [0, 0.05) is 36.4 Å². The molecule has 32 heavy (non-hydrogen) atoms. The van der Waals surface area contributed by atoms with Crippen LogP contribution in [0.2, 0.25) is 0 Å². The van der Waals surface area contributed by atoms with Crippen LogP contribution in [0.4, 0.5) is 11.5 Å². The third-order valence-corrected chi connectivity index (χ3v) is 7.55. The number of hydrogen-bond acceptors (Lipinski definition) is 6. The average molecular weight is 454 g/mol. The number of carbonyl (C=O) groups is 1. The van der Waals surface area contributed by atoms with E-state index in [4.69, 9.17) is 4.74 Å². The molecule has 166 valence electrons. The van der Waals surface area contributed by atoms with Gasteiger partial charge in [-0.2, -0.15) is 9.40 Å². The Morgan fingerprint density at radius 3 is 2.44 bits per heavy atom. The molecule has 10 heteroatoms. The van der Waals surface area contributed by atoms with Crippen molar-refractivity contribution in [3.05, 3.63) is 71.4 Å². The Labute approximate surface area is 186 Å². The van der Waals surface area contributed by atoms with Gasteiger partial charge in [0.1, 0.15) is 0 Å². The van der Waals surface area contributed by atoms with Crippen molar-refractivity contribution in [1.29, 1.82) is 0 Å². The zero-order chi connectivity index (χ0) is 22.1.